The molecule has 0 bridgehead atoms. The predicted octanol–water partition coefficient (Wildman–Crippen LogP) is 3.00. The van der Waals surface area contributed by atoms with Crippen LogP contribution < -0.4 is 0 Å². The Bertz CT molecular complexity index is 359. The number of hydrogen-bond acceptors (Lipinski definition) is 2. The minimum Gasteiger partial charge on any atom is -0.376 e. The molecule has 2 rings (SSSR count). The molecule has 2 atom stereocenters. The monoisotopic (exact) mass is 240 g/mol. The molecule has 0 radical (unpaired) electrons. The molecule has 0 N–H and O–H groups in total. The van der Waals surface area contributed by atoms with E-state index in [4.69, 9.17) is 21.1 Å². The van der Waals surface area contributed by atoms with Crippen molar-refractivity contribution in [2.75, 3.05) is 19.8 Å². The van der Waals surface area contributed by atoms with Crippen LogP contribution in [0.15, 0.2) is 18.2 Å². The van der Waals surface area contributed by atoms with E-state index in [2.05, 4.69) is 32.0 Å². The lowest BCUT2D eigenvalue weighted by molar-refractivity contribution is -0.0892. The molecule has 1 fully saturated rings. The van der Waals surface area contributed by atoms with Crippen molar-refractivity contribution in [3.8, 4) is 0 Å². The molecule has 88 valence electrons. The SMILES string of the molecule is Cc1ccc(C(Cl)C2COCCO2)cc1C. The fourth-order valence-corrected chi connectivity index (χ4v) is 2.11. The quantitative estimate of drug-likeness (QED) is 0.740. The van der Waals surface area contributed by atoms with E-state index in [1.165, 1.54) is 11.1 Å². The molecular formula is C13H17ClO2. The number of ether oxygens (including phenoxy) is 2. The zero-order valence-electron chi connectivity index (χ0n) is 9.70. The average Bonchev–Trinajstić information content (AvgIpc) is 2.33. The van der Waals surface area contributed by atoms with E-state index < -0.39 is 0 Å². The molecule has 0 saturated carbocycles. The largest absolute Gasteiger partial charge is 0.376 e. The normalized spacial score (nSPS) is 23.1. The number of alkyl halides is 1. The number of halogens is 1. The van der Waals surface area contributed by atoms with Gasteiger partial charge in [0, 0.05) is 0 Å². The van der Waals surface area contributed by atoms with Gasteiger partial charge in [0.2, 0.25) is 0 Å². The van der Waals surface area contributed by atoms with Gasteiger partial charge in [-0.05, 0) is 30.5 Å². The van der Waals surface area contributed by atoms with Crippen molar-refractivity contribution in [3.05, 3.63) is 34.9 Å². The van der Waals surface area contributed by atoms with Crippen molar-refractivity contribution in [2.45, 2.75) is 25.3 Å². The zero-order valence-corrected chi connectivity index (χ0v) is 10.5. The van der Waals surface area contributed by atoms with Crippen molar-refractivity contribution in [1.29, 1.82) is 0 Å². The Morgan fingerprint density at radius 3 is 2.69 bits per heavy atom. The molecule has 3 heteroatoms. The Labute approximate surface area is 102 Å². The van der Waals surface area contributed by atoms with E-state index in [-0.39, 0.29) is 11.5 Å². The highest BCUT2D eigenvalue weighted by atomic mass is 35.5. The minimum atomic E-state index is -0.125. The molecule has 2 unspecified atom stereocenters. The Morgan fingerprint density at radius 2 is 2.06 bits per heavy atom. The van der Waals surface area contributed by atoms with Gasteiger partial charge in [-0.2, -0.15) is 0 Å². The summed E-state index contributed by atoms with van der Waals surface area (Å²) in [7, 11) is 0. The third-order valence-electron chi connectivity index (χ3n) is 3.02. The molecule has 1 aromatic carbocycles. The maximum Gasteiger partial charge on any atom is 0.101 e. The van der Waals surface area contributed by atoms with Crippen LogP contribution in [0.5, 0.6) is 0 Å². The van der Waals surface area contributed by atoms with Gasteiger partial charge in [0.1, 0.15) is 6.10 Å². The lowest BCUT2D eigenvalue weighted by atomic mass is 10.0. The molecule has 0 aromatic heterocycles. The average molecular weight is 241 g/mol. The van der Waals surface area contributed by atoms with E-state index in [9.17, 15) is 0 Å². The first-order valence-corrected chi connectivity index (χ1v) is 6.02. The summed E-state index contributed by atoms with van der Waals surface area (Å²) in [6.45, 7) is 6.09. The van der Waals surface area contributed by atoms with E-state index >= 15 is 0 Å². The van der Waals surface area contributed by atoms with Crippen LogP contribution in [0, 0.1) is 13.8 Å². The van der Waals surface area contributed by atoms with Crippen molar-refractivity contribution in [2.24, 2.45) is 0 Å². The van der Waals surface area contributed by atoms with Crippen LogP contribution in [0.3, 0.4) is 0 Å². The van der Waals surface area contributed by atoms with E-state index in [1.807, 2.05) is 0 Å². The Kier molecular flexibility index (Phi) is 3.85. The highest BCUT2D eigenvalue weighted by Gasteiger charge is 2.24. The molecule has 1 aliphatic rings. The fraction of sp³-hybridized carbons (Fsp3) is 0.538. The lowest BCUT2D eigenvalue weighted by Gasteiger charge is -2.27. The Balaban J connectivity index is 2.12. The second-order valence-corrected chi connectivity index (χ2v) is 4.70. The molecule has 2 nitrogen and oxygen atoms in total. The summed E-state index contributed by atoms with van der Waals surface area (Å²) in [6.07, 6.45) is -0.0301. The van der Waals surface area contributed by atoms with Gasteiger partial charge < -0.3 is 9.47 Å². The summed E-state index contributed by atoms with van der Waals surface area (Å²) >= 11 is 6.40. The summed E-state index contributed by atoms with van der Waals surface area (Å²) in [5, 5.41) is -0.125. The summed E-state index contributed by atoms with van der Waals surface area (Å²) < 4.78 is 11.0. The van der Waals surface area contributed by atoms with Crippen molar-refractivity contribution >= 4 is 11.6 Å². The Hall–Kier alpha value is -0.570. The summed E-state index contributed by atoms with van der Waals surface area (Å²) in [5.74, 6) is 0. The number of hydrogen-bond donors (Lipinski definition) is 0. The topological polar surface area (TPSA) is 18.5 Å². The molecule has 1 saturated heterocycles. The highest BCUT2D eigenvalue weighted by molar-refractivity contribution is 6.21. The van der Waals surface area contributed by atoms with Crippen molar-refractivity contribution in [1.82, 2.24) is 0 Å². The van der Waals surface area contributed by atoms with Crippen LogP contribution in [-0.4, -0.2) is 25.9 Å². The van der Waals surface area contributed by atoms with Crippen LogP contribution in [0.25, 0.3) is 0 Å². The molecule has 0 amide bonds. The second-order valence-electron chi connectivity index (χ2n) is 4.23. The molecule has 1 aliphatic heterocycles. The van der Waals surface area contributed by atoms with E-state index in [0.29, 0.717) is 19.8 Å². The van der Waals surface area contributed by atoms with Gasteiger partial charge in [0.25, 0.3) is 0 Å². The summed E-state index contributed by atoms with van der Waals surface area (Å²) in [5.41, 5.74) is 3.66. The van der Waals surface area contributed by atoms with Crippen molar-refractivity contribution < 1.29 is 9.47 Å². The van der Waals surface area contributed by atoms with Gasteiger partial charge in [-0.1, -0.05) is 18.2 Å². The number of benzene rings is 1. The molecular weight excluding hydrogens is 224 g/mol. The second kappa shape index (κ2) is 5.17. The molecule has 0 aliphatic carbocycles. The Morgan fingerprint density at radius 1 is 1.25 bits per heavy atom. The van der Waals surface area contributed by atoms with Crippen LogP contribution >= 0.6 is 11.6 Å². The third-order valence-corrected chi connectivity index (χ3v) is 3.55. The first-order chi connectivity index (χ1) is 7.68. The predicted molar refractivity (Wildman–Crippen MR) is 65.1 cm³/mol. The van der Waals surface area contributed by atoms with Crippen LogP contribution in [0.1, 0.15) is 22.1 Å². The standard InChI is InChI=1S/C13H17ClO2/c1-9-3-4-11(7-10(9)2)13(14)12-8-15-5-6-16-12/h3-4,7,12-13H,5-6,8H2,1-2H3. The minimum absolute atomic E-state index is 0.0301. The molecule has 1 heterocycles. The molecule has 16 heavy (non-hydrogen) atoms. The smallest absolute Gasteiger partial charge is 0.101 e. The van der Waals surface area contributed by atoms with Gasteiger partial charge in [-0.25, -0.2) is 0 Å². The van der Waals surface area contributed by atoms with Crippen LogP contribution in [0.4, 0.5) is 0 Å². The van der Waals surface area contributed by atoms with Crippen LogP contribution in [-0.2, 0) is 9.47 Å². The zero-order chi connectivity index (χ0) is 11.5. The molecule has 1 aromatic rings. The maximum absolute atomic E-state index is 6.40. The van der Waals surface area contributed by atoms with Gasteiger partial charge in [0.15, 0.2) is 0 Å². The molecule has 0 spiro atoms. The number of aryl methyl sites for hydroxylation is 2. The highest BCUT2D eigenvalue weighted by Crippen LogP contribution is 2.29. The van der Waals surface area contributed by atoms with E-state index in [0.717, 1.165) is 5.56 Å². The first kappa shape index (κ1) is 11.9. The lowest BCUT2D eigenvalue weighted by Crippen LogP contribution is -2.31. The van der Waals surface area contributed by atoms with Gasteiger partial charge >= 0.3 is 0 Å². The summed E-state index contributed by atoms with van der Waals surface area (Å²) in [4.78, 5) is 0. The fourth-order valence-electron chi connectivity index (χ4n) is 1.83. The maximum atomic E-state index is 6.40. The van der Waals surface area contributed by atoms with E-state index in [1.54, 1.807) is 0 Å². The van der Waals surface area contributed by atoms with Crippen molar-refractivity contribution in [3.63, 3.8) is 0 Å². The first-order valence-electron chi connectivity index (χ1n) is 5.59. The van der Waals surface area contributed by atoms with Gasteiger partial charge in [0.05, 0.1) is 25.2 Å². The third kappa shape index (κ3) is 2.57. The van der Waals surface area contributed by atoms with Crippen LogP contribution in [0.2, 0.25) is 0 Å². The summed E-state index contributed by atoms with van der Waals surface area (Å²) in [6, 6.07) is 6.30. The number of rotatable bonds is 2. The van der Waals surface area contributed by atoms with Gasteiger partial charge in [-0.15, -0.1) is 11.6 Å². The van der Waals surface area contributed by atoms with Gasteiger partial charge in [-0.3, -0.25) is 0 Å².